The summed E-state index contributed by atoms with van der Waals surface area (Å²) >= 11 is 0. The summed E-state index contributed by atoms with van der Waals surface area (Å²) in [7, 11) is 0. The van der Waals surface area contributed by atoms with Gasteiger partial charge in [0.25, 0.3) is 0 Å². The third-order valence-corrected chi connectivity index (χ3v) is 5.41. The fourth-order valence-corrected chi connectivity index (χ4v) is 3.27. The molecule has 23 heavy (non-hydrogen) atoms. The van der Waals surface area contributed by atoms with Gasteiger partial charge in [-0.2, -0.15) is 0 Å². The average Bonchev–Trinajstić information content (AvgIpc) is 2.71. The molecule has 6 nitrogen and oxygen atoms in total. The Morgan fingerprint density at radius 1 is 1.09 bits per heavy atom. The highest BCUT2D eigenvalue weighted by Crippen LogP contribution is 2.56. The highest BCUT2D eigenvalue weighted by atomic mass is 16.4. The van der Waals surface area contributed by atoms with E-state index in [1.54, 1.807) is 6.92 Å². The molecule has 0 bridgehead atoms. The molecular weight excluding hydrogens is 298 g/mol. The van der Waals surface area contributed by atoms with E-state index >= 15 is 0 Å². The largest absolute Gasteiger partial charge is 0.481 e. The van der Waals surface area contributed by atoms with E-state index in [1.807, 2.05) is 13.8 Å². The summed E-state index contributed by atoms with van der Waals surface area (Å²) in [6.07, 6.45) is 0.959. The fraction of sp³-hybridized carbons (Fsp3) is 0.471. The van der Waals surface area contributed by atoms with Crippen molar-refractivity contribution in [1.82, 2.24) is 0 Å². The third kappa shape index (κ3) is 2.81. The van der Waals surface area contributed by atoms with Crippen LogP contribution in [0.3, 0.4) is 0 Å². The van der Waals surface area contributed by atoms with Crippen LogP contribution in [0.4, 0.5) is 5.69 Å². The summed E-state index contributed by atoms with van der Waals surface area (Å²) in [5.74, 6) is -2.56. The smallest absolute Gasteiger partial charge is 0.335 e. The number of amides is 1. The first kappa shape index (κ1) is 17.0. The maximum atomic E-state index is 12.5. The summed E-state index contributed by atoms with van der Waals surface area (Å²) < 4.78 is 0. The Balaban J connectivity index is 2.15. The van der Waals surface area contributed by atoms with Gasteiger partial charge in [0.1, 0.15) is 0 Å². The molecule has 1 aromatic carbocycles. The Morgan fingerprint density at radius 3 is 2.09 bits per heavy atom. The van der Waals surface area contributed by atoms with Crippen LogP contribution in [0.1, 0.15) is 44.0 Å². The Labute approximate surface area is 134 Å². The van der Waals surface area contributed by atoms with Gasteiger partial charge in [0.2, 0.25) is 5.91 Å². The zero-order valence-electron chi connectivity index (χ0n) is 13.4. The Hall–Kier alpha value is -2.37. The zero-order chi connectivity index (χ0) is 17.4. The van der Waals surface area contributed by atoms with Crippen molar-refractivity contribution in [2.24, 2.45) is 16.7 Å². The standard InChI is InChI=1S/C17H21NO5/c1-16(2)12(8-9-17(16,3)15(22)23)13(19)18-11-6-4-10(5-7-11)14(20)21/h4-7,12H,8-9H2,1-3H3,(H,18,19)(H,20,21)(H,22,23)/t12-,17+/m0/s1. The quantitative estimate of drug-likeness (QED) is 0.791. The topological polar surface area (TPSA) is 104 Å². The molecule has 2 rings (SSSR count). The predicted octanol–water partition coefficient (Wildman–Crippen LogP) is 2.85. The van der Waals surface area contributed by atoms with E-state index in [9.17, 15) is 19.5 Å². The SMILES string of the molecule is CC1(C)[C@H](C(=O)Nc2ccc(C(=O)O)cc2)CC[C@]1(C)C(=O)O. The number of benzene rings is 1. The van der Waals surface area contributed by atoms with Crippen molar-refractivity contribution in [3.63, 3.8) is 0 Å². The molecule has 1 fully saturated rings. The molecule has 6 heteroatoms. The van der Waals surface area contributed by atoms with Crippen LogP contribution < -0.4 is 5.32 Å². The molecule has 1 aliphatic rings. The predicted molar refractivity (Wildman–Crippen MR) is 84.3 cm³/mol. The first-order valence-corrected chi connectivity index (χ1v) is 7.47. The number of hydrogen-bond donors (Lipinski definition) is 3. The van der Waals surface area contributed by atoms with Crippen LogP contribution in [-0.2, 0) is 9.59 Å². The van der Waals surface area contributed by atoms with Crippen molar-refractivity contribution >= 4 is 23.5 Å². The van der Waals surface area contributed by atoms with Crippen molar-refractivity contribution in [2.45, 2.75) is 33.6 Å². The molecule has 1 saturated carbocycles. The lowest BCUT2D eigenvalue weighted by molar-refractivity contribution is -0.154. The molecule has 0 aromatic heterocycles. The summed E-state index contributed by atoms with van der Waals surface area (Å²) in [4.78, 5) is 34.9. The van der Waals surface area contributed by atoms with E-state index in [4.69, 9.17) is 5.11 Å². The molecular formula is C17H21NO5. The van der Waals surface area contributed by atoms with Crippen molar-refractivity contribution in [3.05, 3.63) is 29.8 Å². The van der Waals surface area contributed by atoms with Crippen LogP contribution in [0.25, 0.3) is 0 Å². The molecule has 0 unspecified atom stereocenters. The molecule has 0 saturated heterocycles. The molecule has 0 spiro atoms. The molecule has 1 aromatic rings. The third-order valence-electron chi connectivity index (χ3n) is 5.41. The lowest BCUT2D eigenvalue weighted by atomic mass is 9.65. The molecule has 0 radical (unpaired) electrons. The lowest BCUT2D eigenvalue weighted by Crippen LogP contribution is -2.43. The van der Waals surface area contributed by atoms with Gasteiger partial charge in [-0.05, 0) is 49.4 Å². The minimum absolute atomic E-state index is 0.141. The summed E-state index contributed by atoms with van der Waals surface area (Å²) in [5, 5.41) is 21.1. The van der Waals surface area contributed by atoms with Gasteiger partial charge in [-0.1, -0.05) is 13.8 Å². The maximum Gasteiger partial charge on any atom is 0.335 e. The van der Waals surface area contributed by atoms with E-state index in [-0.39, 0.29) is 11.5 Å². The number of aromatic carboxylic acids is 1. The van der Waals surface area contributed by atoms with Gasteiger partial charge >= 0.3 is 11.9 Å². The van der Waals surface area contributed by atoms with Crippen LogP contribution in [-0.4, -0.2) is 28.1 Å². The van der Waals surface area contributed by atoms with Gasteiger partial charge in [-0.25, -0.2) is 4.79 Å². The number of carboxylic acid groups (broad SMARTS) is 2. The summed E-state index contributed by atoms with van der Waals surface area (Å²) in [5.41, 5.74) is -0.978. The molecule has 124 valence electrons. The highest BCUT2D eigenvalue weighted by molar-refractivity contribution is 5.95. The fourth-order valence-electron chi connectivity index (χ4n) is 3.27. The number of rotatable bonds is 4. The second-order valence-corrected chi connectivity index (χ2v) is 6.82. The molecule has 2 atom stereocenters. The molecule has 1 aliphatic carbocycles. The van der Waals surface area contributed by atoms with Gasteiger partial charge < -0.3 is 15.5 Å². The number of carboxylic acids is 2. The number of carbonyl (C=O) groups is 3. The van der Waals surface area contributed by atoms with E-state index in [0.29, 0.717) is 18.5 Å². The van der Waals surface area contributed by atoms with Crippen LogP contribution in [0.2, 0.25) is 0 Å². The Bertz CT molecular complexity index is 649. The monoisotopic (exact) mass is 319 g/mol. The van der Waals surface area contributed by atoms with E-state index in [0.717, 1.165) is 0 Å². The Morgan fingerprint density at radius 2 is 1.65 bits per heavy atom. The van der Waals surface area contributed by atoms with Crippen LogP contribution in [0, 0.1) is 16.7 Å². The molecule has 0 aliphatic heterocycles. The minimum Gasteiger partial charge on any atom is -0.481 e. The van der Waals surface area contributed by atoms with Crippen LogP contribution in [0.5, 0.6) is 0 Å². The van der Waals surface area contributed by atoms with Crippen molar-refractivity contribution in [1.29, 1.82) is 0 Å². The Kier molecular flexibility index (Phi) is 4.20. The average molecular weight is 319 g/mol. The number of anilines is 1. The molecule has 0 heterocycles. The lowest BCUT2D eigenvalue weighted by Gasteiger charge is -2.37. The maximum absolute atomic E-state index is 12.5. The number of hydrogen-bond acceptors (Lipinski definition) is 3. The van der Waals surface area contributed by atoms with Gasteiger partial charge in [-0.3, -0.25) is 9.59 Å². The normalized spacial score (nSPS) is 25.8. The second-order valence-electron chi connectivity index (χ2n) is 6.82. The van der Waals surface area contributed by atoms with Crippen molar-refractivity contribution in [2.75, 3.05) is 5.32 Å². The van der Waals surface area contributed by atoms with E-state index in [1.165, 1.54) is 24.3 Å². The van der Waals surface area contributed by atoms with Crippen LogP contribution in [0.15, 0.2) is 24.3 Å². The first-order chi connectivity index (χ1) is 10.6. The number of carbonyl (C=O) groups excluding carboxylic acids is 1. The van der Waals surface area contributed by atoms with Gasteiger partial charge in [0, 0.05) is 11.6 Å². The molecule has 3 N–H and O–H groups in total. The number of nitrogens with one attached hydrogen (secondary N) is 1. The summed E-state index contributed by atoms with van der Waals surface area (Å²) in [6.45, 7) is 5.31. The second kappa shape index (κ2) is 5.68. The van der Waals surface area contributed by atoms with Crippen LogP contribution >= 0.6 is 0 Å². The van der Waals surface area contributed by atoms with Gasteiger partial charge in [0.15, 0.2) is 0 Å². The minimum atomic E-state index is -1.03. The van der Waals surface area contributed by atoms with E-state index < -0.39 is 28.7 Å². The first-order valence-electron chi connectivity index (χ1n) is 7.47. The van der Waals surface area contributed by atoms with E-state index in [2.05, 4.69) is 5.32 Å². The highest BCUT2D eigenvalue weighted by Gasteiger charge is 2.58. The van der Waals surface area contributed by atoms with Crippen molar-refractivity contribution in [3.8, 4) is 0 Å². The number of aliphatic carboxylic acids is 1. The zero-order valence-corrected chi connectivity index (χ0v) is 13.4. The summed E-state index contributed by atoms with van der Waals surface area (Å²) in [6, 6.07) is 5.89. The molecule has 1 amide bonds. The van der Waals surface area contributed by atoms with Crippen molar-refractivity contribution < 1.29 is 24.6 Å². The van der Waals surface area contributed by atoms with Gasteiger partial charge in [-0.15, -0.1) is 0 Å². The van der Waals surface area contributed by atoms with Gasteiger partial charge in [0.05, 0.1) is 11.0 Å².